The molecule has 0 saturated heterocycles. The Morgan fingerprint density at radius 1 is 1.09 bits per heavy atom. The lowest BCUT2D eigenvalue weighted by Gasteiger charge is -2.52. The van der Waals surface area contributed by atoms with Crippen LogP contribution < -0.4 is 0 Å². The van der Waals surface area contributed by atoms with Gasteiger partial charge in [0.2, 0.25) is 0 Å². The standard InChI is InChI=1S/C16H24O5S/c1-13-5-7-14(8-6-13)22(17,18)21-10-9-15(2)11-16(12-15,19-3)20-4/h5-8H,9-12H2,1-4H3. The molecule has 0 N–H and O–H groups in total. The van der Waals surface area contributed by atoms with Crippen LogP contribution in [0.2, 0.25) is 0 Å². The fourth-order valence-electron chi connectivity index (χ4n) is 2.97. The monoisotopic (exact) mass is 328 g/mol. The highest BCUT2D eigenvalue weighted by atomic mass is 32.2. The third-order valence-corrected chi connectivity index (χ3v) is 5.72. The van der Waals surface area contributed by atoms with Gasteiger partial charge in [-0.3, -0.25) is 4.18 Å². The first-order chi connectivity index (χ1) is 10.2. The summed E-state index contributed by atoms with van der Waals surface area (Å²) >= 11 is 0. The van der Waals surface area contributed by atoms with Crippen LogP contribution >= 0.6 is 0 Å². The highest BCUT2D eigenvalue weighted by Gasteiger charge is 2.52. The molecule has 1 aliphatic carbocycles. The molecule has 6 heteroatoms. The van der Waals surface area contributed by atoms with E-state index in [1.54, 1.807) is 38.5 Å². The summed E-state index contributed by atoms with van der Waals surface area (Å²) in [7, 11) is -0.433. The molecular formula is C16H24O5S. The van der Waals surface area contributed by atoms with Crippen molar-refractivity contribution in [2.75, 3.05) is 20.8 Å². The minimum Gasteiger partial charge on any atom is -0.353 e. The maximum atomic E-state index is 12.1. The van der Waals surface area contributed by atoms with Gasteiger partial charge in [-0.1, -0.05) is 24.6 Å². The van der Waals surface area contributed by atoms with E-state index < -0.39 is 15.9 Å². The van der Waals surface area contributed by atoms with E-state index in [2.05, 4.69) is 6.92 Å². The normalized spacial score (nSPS) is 19.6. The van der Waals surface area contributed by atoms with E-state index in [-0.39, 0.29) is 16.9 Å². The van der Waals surface area contributed by atoms with Gasteiger partial charge in [0, 0.05) is 27.1 Å². The van der Waals surface area contributed by atoms with Crippen LogP contribution in [0.1, 0.15) is 31.7 Å². The Hall–Kier alpha value is -0.950. The molecular weight excluding hydrogens is 304 g/mol. The fourth-order valence-corrected chi connectivity index (χ4v) is 3.88. The first-order valence-corrected chi connectivity index (χ1v) is 8.71. The van der Waals surface area contributed by atoms with Crippen LogP contribution in [0.3, 0.4) is 0 Å². The van der Waals surface area contributed by atoms with E-state index in [1.807, 2.05) is 6.92 Å². The number of hydrogen-bond donors (Lipinski definition) is 0. The molecule has 5 nitrogen and oxygen atoms in total. The lowest BCUT2D eigenvalue weighted by Crippen LogP contribution is -2.53. The predicted octanol–water partition coefficient (Wildman–Crippen LogP) is 2.88. The zero-order valence-electron chi connectivity index (χ0n) is 13.6. The van der Waals surface area contributed by atoms with Crippen molar-refractivity contribution in [2.45, 2.75) is 43.8 Å². The maximum absolute atomic E-state index is 12.1. The summed E-state index contributed by atoms with van der Waals surface area (Å²) in [6, 6.07) is 6.65. The summed E-state index contributed by atoms with van der Waals surface area (Å²) in [4.78, 5) is 0.194. The first kappa shape index (κ1) is 17.4. The lowest BCUT2D eigenvalue weighted by atomic mass is 9.64. The van der Waals surface area contributed by atoms with Gasteiger partial charge in [-0.05, 0) is 30.9 Å². The summed E-state index contributed by atoms with van der Waals surface area (Å²) in [5, 5.41) is 0. The van der Waals surface area contributed by atoms with E-state index in [4.69, 9.17) is 13.7 Å². The molecule has 0 bridgehead atoms. The van der Waals surface area contributed by atoms with E-state index >= 15 is 0 Å². The number of hydrogen-bond acceptors (Lipinski definition) is 5. The van der Waals surface area contributed by atoms with E-state index in [1.165, 1.54) is 0 Å². The van der Waals surface area contributed by atoms with Crippen LogP contribution in [0.25, 0.3) is 0 Å². The molecule has 1 aromatic carbocycles. The molecule has 2 rings (SSSR count). The first-order valence-electron chi connectivity index (χ1n) is 7.31. The summed E-state index contributed by atoms with van der Waals surface area (Å²) < 4.78 is 40.1. The van der Waals surface area contributed by atoms with Crippen LogP contribution in [-0.2, 0) is 23.8 Å². The molecule has 0 radical (unpaired) electrons. The average Bonchev–Trinajstić information content (AvgIpc) is 2.44. The number of ether oxygens (including phenoxy) is 2. The Labute approximate surface area is 132 Å². The summed E-state index contributed by atoms with van der Waals surface area (Å²) in [6.45, 7) is 4.16. The van der Waals surface area contributed by atoms with Gasteiger partial charge in [0.1, 0.15) is 0 Å². The van der Waals surface area contributed by atoms with Crippen LogP contribution in [0.5, 0.6) is 0 Å². The number of rotatable bonds is 7. The van der Waals surface area contributed by atoms with Crippen molar-refractivity contribution in [1.82, 2.24) is 0 Å². The van der Waals surface area contributed by atoms with Crippen LogP contribution in [0.15, 0.2) is 29.2 Å². The third-order valence-electron chi connectivity index (χ3n) is 4.39. The van der Waals surface area contributed by atoms with Crippen molar-refractivity contribution in [3.8, 4) is 0 Å². The minimum atomic E-state index is -3.69. The molecule has 0 aromatic heterocycles. The van der Waals surface area contributed by atoms with Crippen LogP contribution in [0, 0.1) is 12.3 Å². The van der Waals surface area contributed by atoms with Crippen molar-refractivity contribution >= 4 is 10.1 Å². The smallest absolute Gasteiger partial charge is 0.296 e. The Morgan fingerprint density at radius 3 is 2.14 bits per heavy atom. The molecule has 1 aliphatic rings. The van der Waals surface area contributed by atoms with Gasteiger partial charge in [-0.25, -0.2) is 0 Å². The summed E-state index contributed by atoms with van der Waals surface area (Å²) in [6.07, 6.45) is 2.12. The molecule has 22 heavy (non-hydrogen) atoms. The minimum absolute atomic E-state index is 0.0190. The van der Waals surface area contributed by atoms with Gasteiger partial charge >= 0.3 is 0 Å². The molecule has 1 saturated carbocycles. The van der Waals surface area contributed by atoms with Crippen molar-refractivity contribution < 1.29 is 22.1 Å². The summed E-state index contributed by atoms with van der Waals surface area (Å²) in [5.74, 6) is -0.523. The molecule has 0 unspecified atom stereocenters. The van der Waals surface area contributed by atoms with Gasteiger partial charge in [-0.15, -0.1) is 0 Å². The molecule has 124 valence electrons. The van der Waals surface area contributed by atoms with Crippen molar-refractivity contribution in [2.24, 2.45) is 5.41 Å². The molecule has 0 spiro atoms. The number of methoxy groups -OCH3 is 2. The van der Waals surface area contributed by atoms with E-state index in [0.717, 1.165) is 18.4 Å². The van der Waals surface area contributed by atoms with Gasteiger partial charge in [0.25, 0.3) is 10.1 Å². The van der Waals surface area contributed by atoms with Gasteiger partial charge < -0.3 is 9.47 Å². The molecule has 1 aromatic rings. The quantitative estimate of drug-likeness (QED) is 0.569. The molecule has 0 atom stereocenters. The van der Waals surface area contributed by atoms with Crippen LogP contribution in [0.4, 0.5) is 0 Å². The SMILES string of the molecule is COC1(OC)CC(C)(CCOS(=O)(=O)c2ccc(C)cc2)C1. The van der Waals surface area contributed by atoms with Crippen molar-refractivity contribution in [1.29, 1.82) is 0 Å². The second-order valence-corrected chi connectivity index (χ2v) is 7.94. The van der Waals surface area contributed by atoms with E-state index in [9.17, 15) is 8.42 Å². The van der Waals surface area contributed by atoms with E-state index in [0.29, 0.717) is 6.42 Å². The highest BCUT2D eigenvalue weighted by molar-refractivity contribution is 7.86. The Morgan fingerprint density at radius 2 is 1.64 bits per heavy atom. The Kier molecular flexibility index (Phi) is 4.96. The topological polar surface area (TPSA) is 61.8 Å². The van der Waals surface area contributed by atoms with Gasteiger partial charge in [-0.2, -0.15) is 8.42 Å². The van der Waals surface area contributed by atoms with Crippen molar-refractivity contribution in [3.63, 3.8) is 0 Å². The third kappa shape index (κ3) is 3.68. The number of aryl methyl sites for hydroxylation is 1. The Bertz CT molecular complexity index is 594. The van der Waals surface area contributed by atoms with Gasteiger partial charge in [0.05, 0.1) is 11.5 Å². The summed E-state index contributed by atoms with van der Waals surface area (Å²) in [5.41, 5.74) is 0.992. The maximum Gasteiger partial charge on any atom is 0.296 e. The van der Waals surface area contributed by atoms with Crippen LogP contribution in [-0.4, -0.2) is 35.0 Å². The fraction of sp³-hybridized carbons (Fsp3) is 0.625. The highest BCUT2D eigenvalue weighted by Crippen LogP contribution is 2.52. The molecule has 0 heterocycles. The van der Waals surface area contributed by atoms with Crippen molar-refractivity contribution in [3.05, 3.63) is 29.8 Å². The predicted molar refractivity (Wildman–Crippen MR) is 83.0 cm³/mol. The largest absolute Gasteiger partial charge is 0.353 e. The molecule has 0 amide bonds. The molecule has 1 fully saturated rings. The average molecular weight is 328 g/mol. The second-order valence-electron chi connectivity index (χ2n) is 6.32. The zero-order valence-corrected chi connectivity index (χ0v) is 14.4. The van der Waals surface area contributed by atoms with Gasteiger partial charge in [0.15, 0.2) is 5.79 Å². The molecule has 0 aliphatic heterocycles. The lowest BCUT2D eigenvalue weighted by molar-refractivity contribution is -0.295. The number of benzene rings is 1. The zero-order chi connectivity index (χ0) is 16.4. The second kappa shape index (κ2) is 6.28. The Balaban J connectivity index is 1.88.